The van der Waals surface area contributed by atoms with Gasteiger partial charge in [0.05, 0.1) is 11.2 Å². The highest BCUT2D eigenvalue weighted by Crippen LogP contribution is 2.14. The van der Waals surface area contributed by atoms with Gasteiger partial charge in [0, 0.05) is 32.5 Å². The predicted molar refractivity (Wildman–Crippen MR) is 64.1 cm³/mol. The lowest BCUT2D eigenvalue weighted by Gasteiger charge is -2.07. The van der Waals surface area contributed by atoms with Gasteiger partial charge in [0.25, 0.3) is 0 Å². The van der Waals surface area contributed by atoms with Crippen LogP contribution in [0.5, 0.6) is 5.75 Å². The lowest BCUT2D eigenvalue weighted by molar-refractivity contribution is 0.193. The minimum Gasteiger partial charge on any atom is -0.491 e. The number of methoxy groups -OCH3 is 1. The van der Waals surface area contributed by atoms with E-state index in [1.54, 1.807) is 25.6 Å². The smallest absolute Gasteiger partial charge is 0.139 e. The zero-order chi connectivity index (χ0) is 11.6. The Bertz CT molecular complexity index is 297. The fourth-order valence-corrected chi connectivity index (χ4v) is 1.34. The third-order valence-electron chi connectivity index (χ3n) is 1.93. The summed E-state index contributed by atoms with van der Waals surface area (Å²) in [6, 6.07) is 1.75. The third kappa shape index (κ3) is 5.90. The average Bonchev–Trinajstić information content (AvgIpc) is 2.28. The minimum absolute atomic E-state index is 0.588. The molecule has 0 amide bonds. The van der Waals surface area contributed by atoms with Gasteiger partial charge in [-0.05, 0) is 13.0 Å². The van der Waals surface area contributed by atoms with E-state index in [0.29, 0.717) is 17.4 Å². The average molecular weight is 245 g/mol. The maximum Gasteiger partial charge on any atom is 0.139 e. The monoisotopic (exact) mass is 244 g/mol. The van der Waals surface area contributed by atoms with E-state index in [2.05, 4.69) is 10.3 Å². The Hall–Kier alpha value is -0.840. The lowest BCUT2D eigenvalue weighted by Crippen LogP contribution is -2.22. The molecule has 0 aliphatic rings. The van der Waals surface area contributed by atoms with Gasteiger partial charge < -0.3 is 14.8 Å². The highest BCUT2D eigenvalue weighted by atomic mass is 35.5. The lowest BCUT2D eigenvalue weighted by atomic mass is 10.4. The second kappa shape index (κ2) is 8.33. The van der Waals surface area contributed by atoms with E-state index in [0.717, 1.165) is 26.1 Å². The maximum atomic E-state index is 5.77. The Kier molecular flexibility index (Phi) is 6.88. The highest BCUT2D eigenvalue weighted by Gasteiger charge is 1.95. The topological polar surface area (TPSA) is 43.4 Å². The molecule has 0 bridgehead atoms. The van der Waals surface area contributed by atoms with Crippen LogP contribution in [0.1, 0.15) is 6.42 Å². The van der Waals surface area contributed by atoms with Crippen molar-refractivity contribution in [1.82, 2.24) is 10.3 Å². The van der Waals surface area contributed by atoms with Crippen LogP contribution >= 0.6 is 11.6 Å². The van der Waals surface area contributed by atoms with Gasteiger partial charge in [-0.1, -0.05) is 11.6 Å². The molecule has 90 valence electrons. The largest absolute Gasteiger partial charge is 0.491 e. The van der Waals surface area contributed by atoms with Gasteiger partial charge in [-0.2, -0.15) is 0 Å². The van der Waals surface area contributed by atoms with E-state index in [1.807, 2.05) is 0 Å². The van der Waals surface area contributed by atoms with Gasteiger partial charge in [-0.15, -0.1) is 0 Å². The summed E-state index contributed by atoms with van der Waals surface area (Å²) in [6.45, 7) is 3.13. The second-order valence-electron chi connectivity index (χ2n) is 3.28. The fraction of sp³-hybridized carbons (Fsp3) is 0.545. The summed E-state index contributed by atoms with van der Waals surface area (Å²) in [5.41, 5.74) is 0. The Morgan fingerprint density at radius 1 is 1.31 bits per heavy atom. The number of hydrogen-bond donors (Lipinski definition) is 1. The molecule has 1 aromatic rings. The number of nitrogens with zero attached hydrogens (tertiary/aromatic N) is 1. The molecule has 0 saturated heterocycles. The van der Waals surface area contributed by atoms with Crippen molar-refractivity contribution in [3.05, 3.63) is 23.5 Å². The first-order valence-electron chi connectivity index (χ1n) is 5.26. The van der Waals surface area contributed by atoms with Gasteiger partial charge >= 0.3 is 0 Å². The van der Waals surface area contributed by atoms with Crippen molar-refractivity contribution in [2.45, 2.75) is 6.42 Å². The third-order valence-corrected chi connectivity index (χ3v) is 2.14. The van der Waals surface area contributed by atoms with E-state index >= 15 is 0 Å². The molecule has 5 heteroatoms. The summed E-state index contributed by atoms with van der Waals surface area (Å²) >= 11 is 5.77. The first-order valence-corrected chi connectivity index (χ1v) is 5.63. The summed E-state index contributed by atoms with van der Waals surface area (Å²) in [7, 11) is 1.70. The van der Waals surface area contributed by atoms with E-state index in [1.165, 1.54) is 0 Å². The van der Waals surface area contributed by atoms with Gasteiger partial charge in [-0.3, -0.25) is 4.98 Å². The number of pyridine rings is 1. The van der Waals surface area contributed by atoms with Crippen LogP contribution < -0.4 is 10.1 Å². The Balaban J connectivity index is 2.03. The molecule has 0 aromatic carbocycles. The van der Waals surface area contributed by atoms with Crippen LogP contribution in [0.2, 0.25) is 5.02 Å². The van der Waals surface area contributed by atoms with Crippen molar-refractivity contribution < 1.29 is 9.47 Å². The number of hydrogen-bond acceptors (Lipinski definition) is 4. The standard InChI is InChI=1S/C11H17ClN2O2/c1-15-5-2-3-13-4-6-16-11-7-10(12)8-14-9-11/h7-9,13H,2-6H2,1H3. The quantitative estimate of drug-likeness (QED) is 0.708. The molecule has 1 rings (SSSR count). The summed E-state index contributed by atoms with van der Waals surface area (Å²) < 4.78 is 10.4. The van der Waals surface area contributed by atoms with Crippen LogP contribution in [-0.2, 0) is 4.74 Å². The molecule has 1 aromatic heterocycles. The number of ether oxygens (including phenoxy) is 2. The minimum atomic E-state index is 0.588. The van der Waals surface area contributed by atoms with Crippen LogP contribution in [0.15, 0.2) is 18.5 Å². The number of rotatable bonds is 8. The Labute approximate surface area is 101 Å². The van der Waals surface area contributed by atoms with Crippen molar-refractivity contribution in [3.8, 4) is 5.75 Å². The second-order valence-corrected chi connectivity index (χ2v) is 3.72. The molecule has 0 radical (unpaired) electrons. The van der Waals surface area contributed by atoms with Crippen molar-refractivity contribution >= 4 is 11.6 Å². The normalized spacial score (nSPS) is 10.4. The number of halogens is 1. The zero-order valence-electron chi connectivity index (χ0n) is 9.41. The van der Waals surface area contributed by atoms with Gasteiger partial charge in [-0.25, -0.2) is 0 Å². The fourth-order valence-electron chi connectivity index (χ4n) is 1.18. The van der Waals surface area contributed by atoms with Crippen molar-refractivity contribution in [2.24, 2.45) is 0 Å². The van der Waals surface area contributed by atoms with Crippen LogP contribution in [-0.4, -0.2) is 38.4 Å². The Morgan fingerprint density at radius 3 is 2.94 bits per heavy atom. The summed E-state index contributed by atoms with van der Waals surface area (Å²) in [5.74, 6) is 0.700. The predicted octanol–water partition coefficient (Wildman–Crippen LogP) is 1.74. The van der Waals surface area contributed by atoms with E-state index in [9.17, 15) is 0 Å². The molecular weight excluding hydrogens is 228 g/mol. The molecule has 1 N–H and O–H groups in total. The highest BCUT2D eigenvalue weighted by molar-refractivity contribution is 6.30. The van der Waals surface area contributed by atoms with E-state index in [4.69, 9.17) is 21.1 Å². The molecule has 0 aliphatic heterocycles. The van der Waals surface area contributed by atoms with Gasteiger partial charge in [0.2, 0.25) is 0 Å². The summed E-state index contributed by atoms with van der Waals surface area (Å²) in [5, 5.41) is 3.84. The van der Waals surface area contributed by atoms with Crippen LogP contribution in [0, 0.1) is 0 Å². The first kappa shape index (κ1) is 13.2. The molecule has 0 unspecified atom stereocenters. The first-order chi connectivity index (χ1) is 7.83. The summed E-state index contributed by atoms with van der Waals surface area (Å²) in [4.78, 5) is 3.93. The van der Waals surface area contributed by atoms with Crippen LogP contribution in [0.4, 0.5) is 0 Å². The van der Waals surface area contributed by atoms with Gasteiger partial charge in [0.1, 0.15) is 12.4 Å². The molecular formula is C11H17ClN2O2. The molecule has 16 heavy (non-hydrogen) atoms. The van der Waals surface area contributed by atoms with Crippen LogP contribution in [0.25, 0.3) is 0 Å². The van der Waals surface area contributed by atoms with E-state index in [-0.39, 0.29) is 0 Å². The Morgan fingerprint density at radius 2 is 2.19 bits per heavy atom. The molecule has 0 atom stereocenters. The zero-order valence-corrected chi connectivity index (χ0v) is 10.2. The molecule has 1 heterocycles. The van der Waals surface area contributed by atoms with Gasteiger partial charge in [0.15, 0.2) is 0 Å². The van der Waals surface area contributed by atoms with Crippen molar-refractivity contribution in [3.63, 3.8) is 0 Å². The maximum absolute atomic E-state index is 5.77. The summed E-state index contributed by atoms with van der Waals surface area (Å²) in [6.07, 6.45) is 4.24. The number of nitrogens with one attached hydrogen (secondary N) is 1. The molecule has 0 fully saturated rings. The molecule has 0 aliphatic carbocycles. The molecule has 0 spiro atoms. The molecule has 0 saturated carbocycles. The SMILES string of the molecule is COCCCNCCOc1cncc(Cl)c1. The number of aromatic nitrogens is 1. The van der Waals surface area contributed by atoms with Crippen molar-refractivity contribution in [2.75, 3.05) is 33.4 Å². The van der Waals surface area contributed by atoms with E-state index < -0.39 is 0 Å². The van der Waals surface area contributed by atoms with Crippen LogP contribution in [0.3, 0.4) is 0 Å². The van der Waals surface area contributed by atoms with Crippen molar-refractivity contribution in [1.29, 1.82) is 0 Å². The molecule has 4 nitrogen and oxygen atoms in total.